The summed E-state index contributed by atoms with van der Waals surface area (Å²) in [7, 11) is 0. The van der Waals surface area contributed by atoms with Crippen molar-refractivity contribution in [1.29, 1.82) is 0 Å². The lowest BCUT2D eigenvalue weighted by Crippen LogP contribution is -2.23. The first-order chi connectivity index (χ1) is 5.79. The minimum Gasteiger partial charge on any atom is -0.465 e. The van der Waals surface area contributed by atoms with Crippen LogP contribution >= 0.6 is 0 Å². The Bertz CT molecular complexity index is 246. The summed E-state index contributed by atoms with van der Waals surface area (Å²) in [5.74, 6) is 0. The second kappa shape index (κ2) is 4.38. The second-order valence-electron chi connectivity index (χ2n) is 2.47. The number of carbonyl (C=O) groups is 1. The van der Waals surface area contributed by atoms with Crippen molar-refractivity contribution < 1.29 is 9.90 Å². The predicted octanol–water partition coefficient (Wildman–Crippen LogP) is 1.50. The van der Waals surface area contributed by atoms with Crippen molar-refractivity contribution in [2.75, 3.05) is 6.54 Å². The van der Waals surface area contributed by atoms with Crippen molar-refractivity contribution in [2.45, 2.75) is 6.42 Å². The maximum Gasteiger partial charge on any atom is 0.404 e. The molecule has 12 heavy (non-hydrogen) atoms. The van der Waals surface area contributed by atoms with Crippen molar-refractivity contribution >= 4 is 6.09 Å². The van der Waals surface area contributed by atoms with Gasteiger partial charge in [-0.25, -0.2) is 4.79 Å². The van der Waals surface area contributed by atoms with Gasteiger partial charge in [-0.05, 0) is 12.0 Å². The smallest absolute Gasteiger partial charge is 0.404 e. The van der Waals surface area contributed by atoms with E-state index in [1.165, 1.54) is 0 Å². The van der Waals surface area contributed by atoms with Crippen LogP contribution < -0.4 is 5.32 Å². The molecule has 0 atom stereocenters. The first-order valence-electron chi connectivity index (χ1n) is 3.80. The summed E-state index contributed by atoms with van der Waals surface area (Å²) >= 11 is 0. The quantitative estimate of drug-likeness (QED) is 0.713. The van der Waals surface area contributed by atoms with Crippen LogP contribution in [0.3, 0.4) is 0 Å². The molecule has 0 spiro atoms. The zero-order chi connectivity index (χ0) is 8.81. The molecule has 0 heterocycles. The van der Waals surface area contributed by atoms with Gasteiger partial charge in [0, 0.05) is 6.54 Å². The Morgan fingerprint density at radius 1 is 1.33 bits per heavy atom. The fraction of sp³-hybridized carbons (Fsp3) is 0.222. The number of hydrogen-bond donors (Lipinski definition) is 2. The largest absolute Gasteiger partial charge is 0.465 e. The summed E-state index contributed by atoms with van der Waals surface area (Å²) < 4.78 is 0. The van der Waals surface area contributed by atoms with E-state index in [1.54, 1.807) is 0 Å². The molecule has 0 bridgehead atoms. The third-order valence-corrected chi connectivity index (χ3v) is 1.53. The van der Waals surface area contributed by atoms with Crippen LogP contribution in [-0.2, 0) is 6.42 Å². The number of carboxylic acid groups (broad SMARTS) is 1. The van der Waals surface area contributed by atoms with Crippen molar-refractivity contribution in [3.63, 3.8) is 0 Å². The molecule has 0 saturated carbocycles. The lowest BCUT2D eigenvalue weighted by Gasteiger charge is -2.00. The third-order valence-electron chi connectivity index (χ3n) is 1.53. The molecule has 64 valence electrons. The summed E-state index contributed by atoms with van der Waals surface area (Å²) in [6.45, 7) is 0.472. The van der Waals surface area contributed by atoms with E-state index in [0.717, 1.165) is 12.0 Å². The molecule has 1 aromatic rings. The van der Waals surface area contributed by atoms with Crippen molar-refractivity contribution in [2.24, 2.45) is 0 Å². The van der Waals surface area contributed by atoms with E-state index in [9.17, 15) is 4.79 Å². The Hall–Kier alpha value is -1.51. The Labute approximate surface area is 71.0 Å². The number of nitrogens with one attached hydrogen (secondary N) is 1. The van der Waals surface area contributed by atoms with E-state index >= 15 is 0 Å². The van der Waals surface area contributed by atoms with Crippen LogP contribution in [0.25, 0.3) is 0 Å². The first kappa shape index (κ1) is 8.59. The van der Waals surface area contributed by atoms with Crippen LogP contribution in [0.4, 0.5) is 4.79 Å². The van der Waals surface area contributed by atoms with Gasteiger partial charge >= 0.3 is 6.09 Å². The Morgan fingerprint density at radius 2 is 2.00 bits per heavy atom. The van der Waals surface area contributed by atoms with Crippen molar-refractivity contribution in [1.82, 2.24) is 5.32 Å². The molecule has 0 radical (unpaired) electrons. The van der Waals surface area contributed by atoms with Gasteiger partial charge < -0.3 is 10.4 Å². The number of benzene rings is 1. The second-order valence-corrected chi connectivity index (χ2v) is 2.47. The van der Waals surface area contributed by atoms with E-state index in [2.05, 4.69) is 5.32 Å². The topological polar surface area (TPSA) is 49.3 Å². The molecule has 0 aliphatic carbocycles. The fourth-order valence-corrected chi connectivity index (χ4v) is 0.958. The zero-order valence-electron chi connectivity index (χ0n) is 6.66. The van der Waals surface area contributed by atoms with E-state index in [-0.39, 0.29) is 0 Å². The SMILES string of the molecule is O=C(O)NCCc1ccccc1. The van der Waals surface area contributed by atoms with Gasteiger partial charge in [0.15, 0.2) is 0 Å². The van der Waals surface area contributed by atoms with E-state index in [1.807, 2.05) is 30.3 Å². The maximum atomic E-state index is 10.1. The summed E-state index contributed by atoms with van der Waals surface area (Å²) in [5.41, 5.74) is 1.14. The van der Waals surface area contributed by atoms with E-state index in [4.69, 9.17) is 5.11 Å². The highest BCUT2D eigenvalue weighted by atomic mass is 16.4. The summed E-state index contributed by atoms with van der Waals surface area (Å²) in [6.07, 6.45) is -0.224. The average molecular weight is 165 g/mol. The van der Waals surface area contributed by atoms with Gasteiger partial charge in [-0.2, -0.15) is 0 Å². The zero-order valence-corrected chi connectivity index (χ0v) is 6.66. The van der Waals surface area contributed by atoms with Gasteiger partial charge in [-0.3, -0.25) is 0 Å². The van der Waals surface area contributed by atoms with Crippen LogP contribution in [0.2, 0.25) is 0 Å². The summed E-state index contributed by atoms with van der Waals surface area (Å²) in [5, 5.41) is 10.6. The Kier molecular flexibility index (Phi) is 3.14. The Morgan fingerprint density at radius 3 is 2.58 bits per heavy atom. The van der Waals surface area contributed by atoms with Gasteiger partial charge in [-0.1, -0.05) is 30.3 Å². The summed E-state index contributed by atoms with van der Waals surface area (Å²) in [4.78, 5) is 10.1. The third kappa shape index (κ3) is 3.05. The molecule has 0 unspecified atom stereocenters. The molecule has 3 heteroatoms. The van der Waals surface area contributed by atoms with Gasteiger partial charge in [0.05, 0.1) is 0 Å². The van der Waals surface area contributed by atoms with E-state index in [0.29, 0.717) is 6.54 Å². The molecule has 0 fully saturated rings. The minimum absolute atomic E-state index is 0.472. The molecule has 2 N–H and O–H groups in total. The predicted molar refractivity (Wildman–Crippen MR) is 46.2 cm³/mol. The number of hydrogen-bond acceptors (Lipinski definition) is 1. The highest BCUT2D eigenvalue weighted by Crippen LogP contribution is 1.97. The monoisotopic (exact) mass is 165 g/mol. The minimum atomic E-state index is -0.967. The lowest BCUT2D eigenvalue weighted by atomic mass is 10.1. The fourth-order valence-electron chi connectivity index (χ4n) is 0.958. The lowest BCUT2D eigenvalue weighted by molar-refractivity contribution is 0.194. The van der Waals surface area contributed by atoms with Gasteiger partial charge in [0.1, 0.15) is 0 Å². The number of amides is 1. The van der Waals surface area contributed by atoms with Crippen molar-refractivity contribution in [3.8, 4) is 0 Å². The molecule has 1 amide bonds. The molecule has 0 aromatic heterocycles. The van der Waals surface area contributed by atoms with Crippen LogP contribution in [0, 0.1) is 0 Å². The van der Waals surface area contributed by atoms with Gasteiger partial charge in [0.25, 0.3) is 0 Å². The highest BCUT2D eigenvalue weighted by molar-refractivity contribution is 5.64. The number of rotatable bonds is 3. The first-order valence-corrected chi connectivity index (χ1v) is 3.80. The molecule has 3 nitrogen and oxygen atoms in total. The Balaban J connectivity index is 2.29. The van der Waals surface area contributed by atoms with E-state index < -0.39 is 6.09 Å². The molecular formula is C9H11NO2. The highest BCUT2D eigenvalue weighted by Gasteiger charge is 1.93. The van der Waals surface area contributed by atoms with Crippen molar-refractivity contribution in [3.05, 3.63) is 35.9 Å². The van der Waals surface area contributed by atoms with Gasteiger partial charge in [0.2, 0.25) is 0 Å². The standard InChI is InChI=1S/C9H11NO2/c11-9(12)10-7-6-8-4-2-1-3-5-8/h1-5,10H,6-7H2,(H,11,12). The summed E-state index contributed by atoms with van der Waals surface area (Å²) in [6, 6.07) is 9.77. The molecule has 0 saturated heterocycles. The van der Waals surface area contributed by atoms with Crippen LogP contribution in [-0.4, -0.2) is 17.7 Å². The van der Waals surface area contributed by atoms with Crippen LogP contribution in [0.15, 0.2) is 30.3 Å². The molecule has 1 rings (SSSR count). The average Bonchev–Trinajstić information content (AvgIpc) is 2.05. The van der Waals surface area contributed by atoms with Crippen LogP contribution in [0.5, 0.6) is 0 Å². The molecule has 1 aromatic carbocycles. The molecule has 0 aliphatic rings. The van der Waals surface area contributed by atoms with Crippen LogP contribution in [0.1, 0.15) is 5.56 Å². The molecule has 0 aliphatic heterocycles. The maximum absolute atomic E-state index is 10.1. The molecular weight excluding hydrogens is 154 g/mol. The van der Waals surface area contributed by atoms with Gasteiger partial charge in [-0.15, -0.1) is 0 Å². The normalized spacial score (nSPS) is 9.33.